The molecule has 2 saturated heterocycles. The highest BCUT2D eigenvalue weighted by Gasteiger charge is 2.27. The second-order valence-electron chi connectivity index (χ2n) is 8.07. The fourth-order valence-corrected chi connectivity index (χ4v) is 2.82. The van der Waals surface area contributed by atoms with E-state index in [1.54, 1.807) is 0 Å². The maximum Gasteiger partial charge on any atom is 0.0116 e. The first kappa shape index (κ1) is 22.2. The lowest BCUT2D eigenvalue weighted by atomic mass is 9.80. The Bertz CT molecular complexity index is 197. The van der Waals surface area contributed by atoms with Crippen molar-refractivity contribution in [2.24, 2.45) is 16.7 Å². The van der Waals surface area contributed by atoms with Crippen molar-refractivity contribution in [3.05, 3.63) is 0 Å². The highest BCUT2D eigenvalue weighted by atomic mass is 14.9. The predicted octanol–water partition coefficient (Wildman–Crippen LogP) is 4.70. The average molecular weight is 287 g/mol. The van der Waals surface area contributed by atoms with Crippen molar-refractivity contribution >= 4 is 0 Å². The van der Waals surface area contributed by atoms with E-state index in [0.717, 1.165) is 12.0 Å². The molecule has 0 aliphatic carbocycles. The Hall–Kier alpha value is -0.0800. The largest absolute Gasteiger partial charge is 0.316 e. The Morgan fingerprint density at radius 1 is 0.800 bits per heavy atom. The van der Waals surface area contributed by atoms with Gasteiger partial charge < -0.3 is 10.6 Å². The molecule has 0 saturated carbocycles. The summed E-state index contributed by atoms with van der Waals surface area (Å²) in [7, 11) is 0. The number of rotatable bonds is 0. The van der Waals surface area contributed by atoms with Crippen LogP contribution in [0.5, 0.6) is 0 Å². The summed E-state index contributed by atoms with van der Waals surface area (Å²) in [6, 6.07) is 0.762. The van der Waals surface area contributed by atoms with E-state index in [-0.39, 0.29) is 14.9 Å². The van der Waals surface area contributed by atoms with E-state index < -0.39 is 0 Å². The molecule has 0 aromatic rings. The second kappa shape index (κ2) is 9.04. The number of hydrogen-bond donors (Lipinski definition) is 2. The molecule has 2 aliphatic heterocycles. The van der Waals surface area contributed by atoms with Crippen LogP contribution in [0.2, 0.25) is 0 Å². The predicted molar refractivity (Wildman–Crippen MR) is 94.4 cm³/mol. The van der Waals surface area contributed by atoms with Gasteiger partial charge in [-0.25, -0.2) is 0 Å². The smallest absolute Gasteiger partial charge is 0.0116 e. The SMILES string of the molecule is C.C.CC(C)(C)C1CCCN1.CC(C)(C)C1CCNC1. The summed E-state index contributed by atoms with van der Waals surface area (Å²) < 4.78 is 0. The summed E-state index contributed by atoms with van der Waals surface area (Å²) in [6.07, 6.45) is 4.09. The highest BCUT2D eigenvalue weighted by Crippen LogP contribution is 2.29. The normalized spacial score (nSPS) is 26.1. The maximum atomic E-state index is 3.50. The molecular formula is C18H42N2. The third-order valence-corrected chi connectivity index (χ3v) is 4.39. The van der Waals surface area contributed by atoms with Gasteiger partial charge in [0.25, 0.3) is 0 Å². The van der Waals surface area contributed by atoms with Crippen LogP contribution >= 0.6 is 0 Å². The lowest BCUT2D eigenvalue weighted by molar-refractivity contribution is 0.261. The standard InChI is InChI=1S/2C8H17N.2CH4/c1-8(2,3)7-4-5-9-6-7;1-8(2,3)7-5-4-6-9-7;;/h2*7,9H,4-6H2,1-3H3;2*1H4. The third-order valence-electron chi connectivity index (χ3n) is 4.39. The zero-order valence-electron chi connectivity index (χ0n) is 13.4. The van der Waals surface area contributed by atoms with Crippen molar-refractivity contribution in [1.82, 2.24) is 10.6 Å². The lowest BCUT2D eigenvalue weighted by Gasteiger charge is -2.26. The summed E-state index contributed by atoms with van der Waals surface area (Å²) in [5.41, 5.74) is 0.986. The van der Waals surface area contributed by atoms with Crippen molar-refractivity contribution in [1.29, 1.82) is 0 Å². The summed E-state index contributed by atoms with van der Waals surface area (Å²) in [5, 5.41) is 6.88. The molecule has 2 heterocycles. The number of nitrogens with one attached hydrogen (secondary N) is 2. The Labute approximate surface area is 129 Å². The van der Waals surface area contributed by atoms with Gasteiger partial charge in [0.1, 0.15) is 0 Å². The molecular weight excluding hydrogens is 244 g/mol. The molecule has 2 fully saturated rings. The van der Waals surface area contributed by atoms with Gasteiger partial charge in [0.15, 0.2) is 0 Å². The molecule has 124 valence electrons. The highest BCUT2D eigenvalue weighted by molar-refractivity contribution is 4.84. The van der Waals surface area contributed by atoms with E-state index in [1.165, 1.54) is 38.9 Å². The van der Waals surface area contributed by atoms with Crippen LogP contribution in [0.4, 0.5) is 0 Å². The van der Waals surface area contributed by atoms with Crippen LogP contribution in [-0.2, 0) is 0 Å². The minimum atomic E-state index is 0. The fraction of sp³-hybridized carbons (Fsp3) is 1.00. The third kappa shape index (κ3) is 7.64. The summed E-state index contributed by atoms with van der Waals surface area (Å²) in [4.78, 5) is 0. The van der Waals surface area contributed by atoms with Crippen molar-refractivity contribution in [3.8, 4) is 0 Å². The van der Waals surface area contributed by atoms with Gasteiger partial charge >= 0.3 is 0 Å². The van der Waals surface area contributed by atoms with Crippen LogP contribution in [0.1, 0.15) is 75.7 Å². The molecule has 2 unspecified atom stereocenters. The molecule has 2 rings (SSSR count). The molecule has 2 N–H and O–H groups in total. The molecule has 0 amide bonds. The van der Waals surface area contributed by atoms with Crippen molar-refractivity contribution in [2.75, 3.05) is 19.6 Å². The average Bonchev–Trinajstić information content (AvgIpc) is 2.91. The molecule has 0 bridgehead atoms. The molecule has 0 radical (unpaired) electrons. The minimum absolute atomic E-state index is 0. The van der Waals surface area contributed by atoms with E-state index in [1.807, 2.05) is 0 Å². The van der Waals surface area contributed by atoms with Gasteiger partial charge in [-0.05, 0) is 55.6 Å². The monoisotopic (exact) mass is 286 g/mol. The molecule has 0 aromatic carbocycles. The Balaban J connectivity index is 0. The van der Waals surface area contributed by atoms with Gasteiger partial charge in [-0.1, -0.05) is 56.4 Å². The van der Waals surface area contributed by atoms with Gasteiger partial charge in [-0.2, -0.15) is 0 Å². The van der Waals surface area contributed by atoms with E-state index in [0.29, 0.717) is 10.8 Å². The van der Waals surface area contributed by atoms with E-state index in [2.05, 4.69) is 52.2 Å². The van der Waals surface area contributed by atoms with Gasteiger partial charge in [-0.15, -0.1) is 0 Å². The Kier molecular flexibility index (Phi) is 10.0. The first-order valence-electron chi connectivity index (χ1n) is 7.65. The summed E-state index contributed by atoms with van der Waals surface area (Å²) in [5.74, 6) is 0.900. The fourth-order valence-electron chi connectivity index (χ4n) is 2.82. The van der Waals surface area contributed by atoms with Gasteiger partial charge in [-0.3, -0.25) is 0 Å². The molecule has 2 aliphatic rings. The molecule has 20 heavy (non-hydrogen) atoms. The van der Waals surface area contributed by atoms with Crippen LogP contribution in [-0.4, -0.2) is 25.7 Å². The van der Waals surface area contributed by atoms with Crippen LogP contribution in [0, 0.1) is 16.7 Å². The molecule has 0 aromatic heterocycles. The summed E-state index contributed by atoms with van der Waals surface area (Å²) >= 11 is 0. The van der Waals surface area contributed by atoms with E-state index in [9.17, 15) is 0 Å². The topological polar surface area (TPSA) is 24.1 Å². The van der Waals surface area contributed by atoms with Crippen LogP contribution < -0.4 is 10.6 Å². The zero-order chi connectivity index (χ0) is 13.8. The van der Waals surface area contributed by atoms with Crippen molar-refractivity contribution < 1.29 is 0 Å². The molecule has 2 atom stereocenters. The van der Waals surface area contributed by atoms with Crippen LogP contribution in [0.3, 0.4) is 0 Å². The van der Waals surface area contributed by atoms with Crippen LogP contribution in [0.15, 0.2) is 0 Å². The molecule has 0 spiro atoms. The van der Waals surface area contributed by atoms with Crippen molar-refractivity contribution in [2.45, 2.75) is 81.7 Å². The zero-order valence-corrected chi connectivity index (χ0v) is 13.4. The summed E-state index contributed by atoms with van der Waals surface area (Å²) in [6.45, 7) is 17.6. The first-order valence-corrected chi connectivity index (χ1v) is 7.65. The van der Waals surface area contributed by atoms with Gasteiger partial charge in [0.2, 0.25) is 0 Å². The number of hydrogen-bond acceptors (Lipinski definition) is 2. The van der Waals surface area contributed by atoms with E-state index in [4.69, 9.17) is 0 Å². The van der Waals surface area contributed by atoms with Gasteiger partial charge in [0, 0.05) is 6.04 Å². The first-order chi connectivity index (χ1) is 8.21. The quantitative estimate of drug-likeness (QED) is 0.674. The van der Waals surface area contributed by atoms with E-state index >= 15 is 0 Å². The second-order valence-corrected chi connectivity index (χ2v) is 8.07. The maximum absolute atomic E-state index is 3.50. The Morgan fingerprint density at radius 2 is 1.40 bits per heavy atom. The van der Waals surface area contributed by atoms with Crippen LogP contribution in [0.25, 0.3) is 0 Å². The van der Waals surface area contributed by atoms with Gasteiger partial charge in [0.05, 0.1) is 0 Å². The van der Waals surface area contributed by atoms with Crippen molar-refractivity contribution in [3.63, 3.8) is 0 Å². The molecule has 2 nitrogen and oxygen atoms in total. The minimum Gasteiger partial charge on any atom is -0.316 e. The Morgan fingerprint density at radius 3 is 1.60 bits per heavy atom. The molecule has 2 heteroatoms. The lowest BCUT2D eigenvalue weighted by Crippen LogP contribution is -2.34.